The Hall–Kier alpha value is -2.80. The van der Waals surface area contributed by atoms with E-state index in [1.807, 2.05) is 6.92 Å². The van der Waals surface area contributed by atoms with Gasteiger partial charge in [0.25, 0.3) is 0 Å². The van der Waals surface area contributed by atoms with Crippen molar-refractivity contribution < 1.29 is 23.5 Å². The molecule has 0 spiro atoms. The second-order valence-electron chi connectivity index (χ2n) is 7.74. The Bertz CT molecular complexity index is 952. The third kappa shape index (κ3) is 6.13. The first-order valence-electron chi connectivity index (χ1n) is 10.7. The molecule has 0 radical (unpaired) electrons. The second-order valence-corrected chi connectivity index (χ2v) is 8.15. The van der Waals surface area contributed by atoms with Crippen LogP contribution < -0.4 is 14.8 Å². The van der Waals surface area contributed by atoms with Crippen molar-refractivity contribution >= 4 is 23.4 Å². The van der Waals surface area contributed by atoms with E-state index in [0.717, 1.165) is 24.0 Å². The summed E-state index contributed by atoms with van der Waals surface area (Å²) >= 11 is 6.30. The molecule has 1 atom stereocenters. The lowest BCUT2D eigenvalue weighted by molar-refractivity contribution is -0.135. The maximum absolute atomic E-state index is 13.1. The molecule has 0 aliphatic carbocycles. The molecule has 32 heavy (non-hydrogen) atoms. The number of halogens is 2. The highest BCUT2D eigenvalue weighted by Crippen LogP contribution is 2.36. The average Bonchev–Trinajstić information content (AvgIpc) is 2.80. The molecule has 1 heterocycles. The summed E-state index contributed by atoms with van der Waals surface area (Å²) in [6.07, 6.45) is 1.68. The smallest absolute Gasteiger partial charge is 0.227 e. The molecular weight excluding hydrogens is 435 g/mol. The summed E-state index contributed by atoms with van der Waals surface area (Å²) in [6.45, 7) is 3.61. The zero-order valence-corrected chi connectivity index (χ0v) is 19.1. The summed E-state index contributed by atoms with van der Waals surface area (Å²) in [5.74, 6) is 0.224. The van der Waals surface area contributed by atoms with Crippen LogP contribution in [0.15, 0.2) is 36.4 Å². The SMILES string of the molecule is CCOc1c(Cl)cc(CNC(=O)C2CCCN(C(=O)Cc3ccc(F)cc3)C2)cc1OC. The highest BCUT2D eigenvalue weighted by molar-refractivity contribution is 6.32. The highest BCUT2D eigenvalue weighted by Gasteiger charge is 2.28. The van der Waals surface area contributed by atoms with Crippen molar-refractivity contribution in [2.75, 3.05) is 26.8 Å². The normalized spacial score (nSPS) is 15.9. The third-order valence-corrected chi connectivity index (χ3v) is 5.74. The van der Waals surface area contributed by atoms with Crippen molar-refractivity contribution in [2.45, 2.75) is 32.7 Å². The van der Waals surface area contributed by atoms with Gasteiger partial charge >= 0.3 is 0 Å². The number of likely N-dealkylation sites (tertiary alicyclic amines) is 1. The number of hydrogen-bond acceptors (Lipinski definition) is 4. The Morgan fingerprint density at radius 3 is 2.66 bits per heavy atom. The molecule has 8 heteroatoms. The lowest BCUT2D eigenvalue weighted by Gasteiger charge is -2.32. The lowest BCUT2D eigenvalue weighted by atomic mass is 9.96. The van der Waals surface area contributed by atoms with Crippen molar-refractivity contribution in [1.29, 1.82) is 0 Å². The molecular formula is C24H28ClFN2O4. The van der Waals surface area contributed by atoms with Crippen LogP contribution >= 0.6 is 11.6 Å². The number of hydrogen-bond donors (Lipinski definition) is 1. The average molecular weight is 463 g/mol. The molecule has 2 amide bonds. The fourth-order valence-corrected chi connectivity index (χ4v) is 4.09. The summed E-state index contributed by atoms with van der Waals surface area (Å²) in [4.78, 5) is 27.1. The molecule has 2 aromatic carbocycles. The van der Waals surface area contributed by atoms with E-state index in [1.165, 1.54) is 19.2 Å². The van der Waals surface area contributed by atoms with Gasteiger partial charge in [-0.2, -0.15) is 0 Å². The van der Waals surface area contributed by atoms with Gasteiger partial charge in [-0.3, -0.25) is 9.59 Å². The number of carbonyl (C=O) groups excluding carboxylic acids is 2. The van der Waals surface area contributed by atoms with Gasteiger partial charge in [-0.1, -0.05) is 23.7 Å². The van der Waals surface area contributed by atoms with Crippen LogP contribution in [0.4, 0.5) is 4.39 Å². The molecule has 1 saturated heterocycles. The fourth-order valence-electron chi connectivity index (χ4n) is 3.80. The minimum atomic E-state index is -0.331. The summed E-state index contributed by atoms with van der Waals surface area (Å²) in [6, 6.07) is 9.44. The van der Waals surface area contributed by atoms with Gasteiger partial charge in [-0.25, -0.2) is 4.39 Å². The van der Waals surface area contributed by atoms with E-state index < -0.39 is 0 Å². The largest absolute Gasteiger partial charge is 0.493 e. The highest BCUT2D eigenvalue weighted by atomic mass is 35.5. The summed E-state index contributed by atoms with van der Waals surface area (Å²) in [7, 11) is 1.54. The monoisotopic (exact) mass is 462 g/mol. The van der Waals surface area contributed by atoms with Gasteiger partial charge < -0.3 is 19.7 Å². The van der Waals surface area contributed by atoms with Gasteiger partial charge in [-0.15, -0.1) is 0 Å². The number of rotatable bonds is 8. The fraction of sp³-hybridized carbons (Fsp3) is 0.417. The van der Waals surface area contributed by atoms with E-state index in [0.29, 0.717) is 42.8 Å². The molecule has 1 aliphatic heterocycles. The van der Waals surface area contributed by atoms with Crippen LogP contribution in [0.1, 0.15) is 30.9 Å². The van der Waals surface area contributed by atoms with E-state index in [4.69, 9.17) is 21.1 Å². The topological polar surface area (TPSA) is 67.9 Å². The predicted molar refractivity (Wildman–Crippen MR) is 120 cm³/mol. The molecule has 1 aliphatic rings. The molecule has 1 unspecified atom stereocenters. The van der Waals surface area contributed by atoms with Gasteiger partial charge in [0.2, 0.25) is 11.8 Å². The van der Waals surface area contributed by atoms with Gasteiger partial charge in [0, 0.05) is 19.6 Å². The number of methoxy groups -OCH3 is 1. The quantitative estimate of drug-likeness (QED) is 0.644. The maximum Gasteiger partial charge on any atom is 0.227 e. The maximum atomic E-state index is 13.1. The van der Waals surface area contributed by atoms with Gasteiger partial charge in [0.1, 0.15) is 5.82 Å². The number of amides is 2. The lowest BCUT2D eigenvalue weighted by Crippen LogP contribution is -2.45. The van der Waals surface area contributed by atoms with Gasteiger partial charge in [-0.05, 0) is 55.2 Å². The van der Waals surface area contributed by atoms with Crippen molar-refractivity contribution in [3.63, 3.8) is 0 Å². The van der Waals surface area contributed by atoms with Crippen LogP contribution in [0.5, 0.6) is 11.5 Å². The molecule has 1 N–H and O–H groups in total. The Kier molecular flexibility index (Phi) is 8.33. The molecule has 0 aromatic heterocycles. The Morgan fingerprint density at radius 2 is 1.97 bits per heavy atom. The predicted octanol–water partition coefficient (Wildman–Crippen LogP) is 3.98. The number of carbonyl (C=O) groups is 2. The first-order valence-corrected chi connectivity index (χ1v) is 11.1. The van der Waals surface area contributed by atoms with Crippen molar-refractivity contribution in [1.82, 2.24) is 10.2 Å². The Labute approximate surface area is 192 Å². The van der Waals surface area contributed by atoms with Crippen molar-refractivity contribution in [3.05, 3.63) is 58.4 Å². The van der Waals surface area contributed by atoms with E-state index in [1.54, 1.807) is 29.2 Å². The number of nitrogens with one attached hydrogen (secondary N) is 1. The minimum Gasteiger partial charge on any atom is -0.493 e. The van der Waals surface area contributed by atoms with E-state index >= 15 is 0 Å². The minimum absolute atomic E-state index is 0.0582. The van der Waals surface area contributed by atoms with Crippen LogP contribution in [-0.2, 0) is 22.6 Å². The number of nitrogens with zero attached hydrogens (tertiary/aromatic N) is 1. The molecule has 0 bridgehead atoms. The molecule has 0 saturated carbocycles. The van der Waals surface area contributed by atoms with Crippen LogP contribution in [0, 0.1) is 11.7 Å². The number of benzene rings is 2. The first-order chi connectivity index (χ1) is 15.4. The second kappa shape index (κ2) is 11.2. The van der Waals surface area contributed by atoms with E-state index in [-0.39, 0.29) is 30.0 Å². The molecule has 172 valence electrons. The first kappa shape index (κ1) is 23.9. The zero-order chi connectivity index (χ0) is 23.1. The number of piperidine rings is 1. The standard InChI is InChI=1S/C24H28ClFN2O4/c1-3-32-23-20(25)11-17(12-21(23)31-2)14-27-24(30)18-5-4-10-28(15-18)22(29)13-16-6-8-19(26)9-7-16/h6-9,11-12,18H,3-5,10,13-15H2,1-2H3,(H,27,30). The van der Waals surface area contributed by atoms with Crippen molar-refractivity contribution in [3.8, 4) is 11.5 Å². The van der Waals surface area contributed by atoms with E-state index in [2.05, 4.69) is 5.32 Å². The van der Waals surface area contributed by atoms with Crippen LogP contribution in [0.2, 0.25) is 5.02 Å². The van der Waals surface area contributed by atoms with Crippen LogP contribution in [0.25, 0.3) is 0 Å². The molecule has 6 nitrogen and oxygen atoms in total. The molecule has 2 aromatic rings. The molecule has 1 fully saturated rings. The van der Waals surface area contributed by atoms with Crippen molar-refractivity contribution in [2.24, 2.45) is 5.92 Å². The Morgan fingerprint density at radius 1 is 1.22 bits per heavy atom. The summed E-state index contributed by atoms with van der Waals surface area (Å²) < 4.78 is 23.9. The van der Waals surface area contributed by atoms with Crippen LogP contribution in [-0.4, -0.2) is 43.5 Å². The number of ether oxygens (including phenoxy) is 2. The van der Waals surface area contributed by atoms with Gasteiger partial charge in [0.05, 0.1) is 31.1 Å². The third-order valence-electron chi connectivity index (χ3n) is 5.46. The van der Waals surface area contributed by atoms with E-state index in [9.17, 15) is 14.0 Å². The molecule has 3 rings (SSSR count). The summed E-state index contributed by atoms with van der Waals surface area (Å²) in [5.41, 5.74) is 1.55. The Balaban J connectivity index is 1.56. The summed E-state index contributed by atoms with van der Waals surface area (Å²) in [5, 5.41) is 3.36. The zero-order valence-electron chi connectivity index (χ0n) is 18.3. The van der Waals surface area contributed by atoms with Gasteiger partial charge in [0.15, 0.2) is 11.5 Å². The van der Waals surface area contributed by atoms with Crippen LogP contribution in [0.3, 0.4) is 0 Å².